The van der Waals surface area contributed by atoms with Crippen LogP contribution in [0, 0.1) is 0 Å². The lowest BCUT2D eigenvalue weighted by atomic mass is 9.75. The number of hydrogen-bond acceptors (Lipinski definition) is 5. The largest absolute Gasteiger partial charge is 0.345 e. The van der Waals surface area contributed by atoms with Gasteiger partial charge in [-0.1, -0.05) is 12.1 Å². The number of piperazine rings is 1. The minimum atomic E-state index is 0. The third kappa shape index (κ3) is 4.97. The third-order valence-corrected chi connectivity index (χ3v) is 6.88. The van der Waals surface area contributed by atoms with E-state index in [1.807, 2.05) is 24.5 Å². The van der Waals surface area contributed by atoms with Crippen molar-refractivity contribution in [3.05, 3.63) is 53.3 Å². The second-order valence-corrected chi connectivity index (χ2v) is 9.05. The molecular weight excluding hydrogens is 447 g/mol. The van der Waals surface area contributed by atoms with Crippen LogP contribution in [0.15, 0.2) is 36.7 Å². The van der Waals surface area contributed by atoms with Gasteiger partial charge in [-0.2, -0.15) is 5.10 Å². The summed E-state index contributed by atoms with van der Waals surface area (Å²) < 4.78 is 0. The summed E-state index contributed by atoms with van der Waals surface area (Å²) in [5.74, 6) is 0.0284. The number of piperidine rings is 1. The van der Waals surface area contributed by atoms with E-state index in [1.165, 1.54) is 11.1 Å². The average Bonchev–Trinajstić information content (AvgIpc) is 3.27. The summed E-state index contributed by atoms with van der Waals surface area (Å²) in [7, 11) is 3.57. The van der Waals surface area contributed by atoms with Crippen molar-refractivity contribution in [2.24, 2.45) is 0 Å². The summed E-state index contributed by atoms with van der Waals surface area (Å²) in [6.07, 6.45) is 6.17. The van der Waals surface area contributed by atoms with Crippen LogP contribution in [0.5, 0.6) is 0 Å². The lowest BCUT2D eigenvalue weighted by Crippen LogP contribution is -2.71. The molecule has 0 aliphatic carbocycles. The van der Waals surface area contributed by atoms with Crippen LogP contribution < -0.4 is 10.6 Å². The van der Waals surface area contributed by atoms with Gasteiger partial charge in [0.2, 0.25) is 0 Å². The van der Waals surface area contributed by atoms with Crippen molar-refractivity contribution in [1.82, 2.24) is 30.6 Å². The fraction of sp³-hybridized carbons (Fsp3) is 0.565. The predicted molar refractivity (Wildman–Crippen MR) is 133 cm³/mol. The summed E-state index contributed by atoms with van der Waals surface area (Å²) in [5, 5.41) is 14.6. The highest BCUT2D eigenvalue weighted by molar-refractivity contribution is 5.93. The minimum Gasteiger partial charge on any atom is -0.345 e. The molecule has 9 heteroatoms. The molecule has 0 bridgehead atoms. The zero-order chi connectivity index (χ0) is 21.3. The van der Waals surface area contributed by atoms with Crippen molar-refractivity contribution in [2.75, 3.05) is 33.7 Å². The molecule has 1 spiro atoms. The van der Waals surface area contributed by atoms with Gasteiger partial charge in [0.25, 0.3) is 5.91 Å². The lowest BCUT2D eigenvalue weighted by molar-refractivity contribution is -0.0349. The smallest absolute Gasteiger partial charge is 0.253 e. The molecule has 3 atom stereocenters. The SMILES string of the molecule is CC1CN(C(c2ccc(C(=O)N(C)C)cc2)c2cn[nH]c2)C2(CCNCC2)C(C)N1.Cl.Cl. The monoisotopic (exact) mass is 482 g/mol. The van der Waals surface area contributed by atoms with Crippen LogP contribution in [0.25, 0.3) is 0 Å². The highest BCUT2D eigenvalue weighted by Crippen LogP contribution is 2.42. The van der Waals surface area contributed by atoms with Gasteiger partial charge in [-0.3, -0.25) is 14.8 Å². The Morgan fingerprint density at radius 3 is 2.34 bits per heavy atom. The number of amides is 1. The molecule has 1 aromatic carbocycles. The summed E-state index contributed by atoms with van der Waals surface area (Å²) in [4.78, 5) is 16.7. The van der Waals surface area contributed by atoms with Crippen LogP contribution in [-0.4, -0.2) is 77.3 Å². The number of nitrogens with one attached hydrogen (secondary N) is 3. The molecule has 1 aromatic heterocycles. The van der Waals surface area contributed by atoms with E-state index >= 15 is 0 Å². The molecule has 0 radical (unpaired) electrons. The standard InChI is InChI=1S/C23H34N6O.2ClH/c1-16-15-29(23(17(2)27-16)9-11-24-12-10-23)21(20-13-25-26-14-20)18-5-7-19(8-6-18)22(30)28(3)4;;/h5-8,13-14,16-17,21,24,27H,9-12,15H2,1-4H3,(H,25,26);2*1H. The first-order valence-electron chi connectivity index (χ1n) is 11.0. The van der Waals surface area contributed by atoms with E-state index in [-0.39, 0.29) is 42.3 Å². The Balaban J connectivity index is 0.00000181. The van der Waals surface area contributed by atoms with E-state index in [2.05, 4.69) is 51.7 Å². The number of aromatic nitrogens is 2. The molecule has 2 aliphatic heterocycles. The van der Waals surface area contributed by atoms with Gasteiger partial charge in [0.1, 0.15) is 0 Å². The van der Waals surface area contributed by atoms with Crippen LogP contribution in [0.3, 0.4) is 0 Å². The van der Waals surface area contributed by atoms with Crippen molar-refractivity contribution >= 4 is 30.7 Å². The predicted octanol–water partition coefficient (Wildman–Crippen LogP) is 2.85. The molecule has 2 saturated heterocycles. The summed E-state index contributed by atoms with van der Waals surface area (Å²) in [6.45, 7) is 7.64. The Morgan fingerprint density at radius 2 is 1.78 bits per heavy atom. The molecule has 178 valence electrons. The molecule has 7 nitrogen and oxygen atoms in total. The molecule has 3 unspecified atom stereocenters. The number of carbonyl (C=O) groups excluding carboxylic acids is 1. The number of rotatable bonds is 4. The second kappa shape index (κ2) is 11.0. The van der Waals surface area contributed by atoms with Crippen molar-refractivity contribution in [3.63, 3.8) is 0 Å². The van der Waals surface area contributed by atoms with Crippen molar-refractivity contribution < 1.29 is 4.79 Å². The van der Waals surface area contributed by atoms with Gasteiger partial charge in [0, 0.05) is 55.6 Å². The summed E-state index contributed by atoms with van der Waals surface area (Å²) in [6, 6.07) is 9.03. The lowest BCUT2D eigenvalue weighted by Gasteiger charge is -2.58. The zero-order valence-electron chi connectivity index (χ0n) is 19.3. The number of halogens is 2. The Labute approximate surface area is 203 Å². The number of hydrogen-bond donors (Lipinski definition) is 3. The number of benzene rings is 1. The first kappa shape index (κ1) is 26.6. The van der Waals surface area contributed by atoms with Gasteiger partial charge < -0.3 is 15.5 Å². The van der Waals surface area contributed by atoms with Gasteiger partial charge in [0.05, 0.1) is 12.2 Å². The topological polar surface area (TPSA) is 76.3 Å². The Hall–Kier alpha value is -1.64. The zero-order valence-corrected chi connectivity index (χ0v) is 20.9. The van der Waals surface area contributed by atoms with Gasteiger partial charge in [0.15, 0.2) is 0 Å². The molecule has 0 saturated carbocycles. The van der Waals surface area contributed by atoms with Crippen LogP contribution in [0.2, 0.25) is 0 Å². The molecule has 3 heterocycles. The number of H-pyrrole nitrogens is 1. The Kier molecular flexibility index (Phi) is 9.14. The maximum absolute atomic E-state index is 12.4. The minimum absolute atomic E-state index is 0. The van der Waals surface area contributed by atoms with Gasteiger partial charge in [-0.25, -0.2) is 0 Å². The van der Waals surface area contributed by atoms with E-state index in [9.17, 15) is 4.79 Å². The fourth-order valence-electron chi connectivity index (χ4n) is 5.33. The van der Waals surface area contributed by atoms with Crippen LogP contribution in [0.1, 0.15) is 54.2 Å². The van der Waals surface area contributed by atoms with Crippen LogP contribution in [0.4, 0.5) is 0 Å². The second-order valence-electron chi connectivity index (χ2n) is 9.05. The summed E-state index contributed by atoms with van der Waals surface area (Å²) in [5.41, 5.74) is 3.16. The van der Waals surface area contributed by atoms with Crippen molar-refractivity contribution in [3.8, 4) is 0 Å². The van der Waals surface area contributed by atoms with Crippen molar-refractivity contribution in [1.29, 1.82) is 0 Å². The number of carbonyl (C=O) groups is 1. The molecule has 2 fully saturated rings. The number of aromatic amines is 1. The van der Waals surface area contributed by atoms with Crippen LogP contribution >= 0.6 is 24.8 Å². The van der Waals surface area contributed by atoms with E-state index in [4.69, 9.17) is 0 Å². The normalized spacial score (nSPS) is 23.6. The molecule has 4 rings (SSSR count). The molecule has 1 amide bonds. The first-order chi connectivity index (χ1) is 14.4. The first-order valence-corrected chi connectivity index (χ1v) is 11.0. The Morgan fingerprint density at radius 1 is 1.12 bits per heavy atom. The van der Waals surface area contributed by atoms with Gasteiger partial charge in [-0.15, -0.1) is 24.8 Å². The molecular formula is C23H36Cl2N6O. The maximum atomic E-state index is 12.4. The van der Waals surface area contributed by atoms with Gasteiger partial charge >= 0.3 is 0 Å². The third-order valence-electron chi connectivity index (χ3n) is 6.88. The van der Waals surface area contributed by atoms with E-state index in [1.54, 1.807) is 19.0 Å². The van der Waals surface area contributed by atoms with Crippen LogP contribution in [-0.2, 0) is 0 Å². The molecule has 2 aromatic rings. The quantitative estimate of drug-likeness (QED) is 0.624. The van der Waals surface area contributed by atoms with E-state index < -0.39 is 0 Å². The highest BCUT2D eigenvalue weighted by atomic mass is 35.5. The average molecular weight is 483 g/mol. The van der Waals surface area contributed by atoms with E-state index in [0.717, 1.165) is 32.5 Å². The van der Waals surface area contributed by atoms with Crippen molar-refractivity contribution in [2.45, 2.75) is 50.4 Å². The Bertz CT molecular complexity index is 852. The highest BCUT2D eigenvalue weighted by Gasteiger charge is 2.49. The molecule has 32 heavy (non-hydrogen) atoms. The van der Waals surface area contributed by atoms with Gasteiger partial charge in [-0.05, 0) is 57.5 Å². The molecule has 3 N–H and O–H groups in total. The van der Waals surface area contributed by atoms with E-state index in [0.29, 0.717) is 17.6 Å². The maximum Gasteiger partial charge on any atom is 0.253 e. The fourth-order valence-corrected chi connectivity index (χ4v) is 5.33. The number of nitrogens with zero attached hydrogens (tertiary/aromatic N) is 3. The molecule has 2 aliphatic rings. The summed E-state index contributed by atoms with van der Waals surface area (Å²) >= 11 is 0.